The van der Waals surface area contributed by atoms with Crippen LogP contribution in [0.15, 0.2) is 0 Å². The zero-order valence-corrected chi connectivity index (χ0v) is 9.24. The molecule has 0 aromatic carbocycles. The van der Waals surface area contributed by atoms with Gasteiger partial charge < -0.3 is 10.2 Å². The molecular weight excluding hydrogens is 196 g/mol. The van der Waals surface area contributed by atoms with Crippen LogP contribution in [0.25, 0.3) is 0 Å². The molecule has 0 spiro atoms. The molecule has 1 atom stereocenters. The third-order valence-electron chi connectivity index (χ3n) is 2.30. The van der Waals surface area contributed by atoms with E-state index in [9.17, 15) is 14.7 Å². The molecule has 4 heteroatoms. The largest absolute Gasteiger partial charge is 0.475 e. The molecule has 0 aliphatic carbocycles. The second-order valence-electron chi connectivity index (χ2n) is 3.79. The number of aliphatic hydroxyl groups excluding tert-OH is 1. The number of rotatable bonds is 9. The van der Waals surface area contributed by atoms with Crippen molar-refractivity contribution in [1.82, 2.24) is 0 Å². The normalized spacial score (nSPS) is 12.4. The van der Waals surface area contributed by atoms with E-state index >= 15 is 0 Å². The zero-order valence-electron chi connectivity index (χ0n) is 9.24. The fraction of sp³-hybridized carbons (Fsp3) is 0.818. The van der Waals surface area contributed by atoms with E-state index in [2.05, 4.69) is 6.92 Å². The zero-order chi connectivity index (χ0) is 11.7. The number of hydrogen-bond donors (Lipinski definition) is 2. The second kappa shape index (κ2) is 8.41. The van der Waals surface area contributed by atoms with Crippen LogP contribution in [-0.2, 0) is 9.59 Å². The Bertz CT molecular complexity index is 201. The van der Waals surface area contributed by atoms with Crippen LogP contribution < -0.4 is 0 Å². The lowest BCUT2D eigenvalue weighted by atomic mass is 10.0. The first-order chi connectivity index (χ1) is 7.07. The molecular formula is C11H20O4. The number of ketones is 1. The molecule has 0 saturated heterocycles. The maximum absolute atomic E-state index is 10.7. The van der Waals surface area contributed by atoms with Crippen LogP contribution in [0.4, 0.5) is 0 Å². The number of unbranched alkanes of at least 4 members (excludes halogenated alkanes) is 4. The van der Waals surface area contributed by atoms with Gasteiger partial charge in [-0.25, -0.2) is 4.79 Å². The molecule has 0 aliphatic heterocycles. The van der Waals surface area contributed by atoms with Crippen molar-refractivity contribution in [3.05, 3.63) is 0 Å². The van der Waals surface area contributed by atoms with Gasteiger partial charge in [-0.3, -0.25) is 4.79 Å². The van der Waals surface area contributed by atoms with Crippen LogP contribution in [0.2, 0.25) is 0 Å². The smallest absolute Gasteiger partial charge is 0.372 e. The van der Waals surface area contributed by atoms with Gasteiger partial charge in [0.2, 0.25) is 5.78 Å². The molecule has 0 aromatic rings. The number of aliphatic carboxylic acids is 1. The lowest BCUT2D eigenvalue weighted by Gasteiger charge is -2.07. The summed E-state index contributed by atoms with van der Waals surface area (Å²) in [6.45, 7) is 2.13. The minimum Gasteiger partial charge on any atom is -0.475 e. The number of carboxylic acids is 1. The minimum atomic E-state index is -1.46. The SMILES string of the molecule is CCCCCCCC(O)CC(=O)C(=O)O. The molecule has 0 saturated carbocycles. The first-order valence-electron chi connectivity index (χ1n) is 5.52. The van der Waals surface area contributed by atoms with Crippen molar-refractivity contribution in [2.24, 2.45) is 0 Å². The Hall–Kier alpha value is -0.900. The Labute approximate surface area is 90.3 Å². The molecule has 0 fully saturated rings. The van der Waals surface area contributed by atoms with Crippen LogP contribution in [0.5, 0.6) is 0 Å². The number of carboxylic acid groups (broad SMARTS) is 1. The Balaban J connectivity index is 3.45. The van der Waals surface area contributed by atoms with Crippen molar-refractivity contribution < 1.29 is 19.8 Å². The monoisotopic (exact) mass is 216 g/mol. The van der Waals surface area contributed by atoms with Crippen molar-refractivity contribution >= 4 is 11.8 Å². The van der Waals surface area contributed by atoms with Gasteiger partial charge in [0.05, 0.1) is 6.10 Å². The van der Waals surface area contributed by atoms with E-state index < -0.39 is 17.9 Å². The maximum atomic E-state index is 10.7. The van der Waals surface area contributed by atoms with E-state index in [-0.39, 0.29) is 6.42 Å². The van der Waals surface area contributed by atoms with Gasteiger partial charge >= 0.3 is 5.97 Å². The molecule has 0 rings (SSSR count). The topological polar surface area (TPSA) is 74.6 Å². The van der Waals surface area contributed by atoms with Crippen LogP contribution in [0.3, 0.4) is 0 Å². The number of carbonyl (C=O) groups excluding carboxylic acids is 1. The summed E-state index contributed by atoms with van der Waals surface area (Å²) >= 11 is 0. The van der Waals surface area contributed by atoms with Gasteiger partial charge in [-0.1, -0.05) is 39.0 Å². The number of hydrogen-bond acceptors (Lipinski definition) is 3. The number of carbonyl (C=O) groups is 2. The lowest BCUT2D eigenvalue weighted by molar-refractivity contribution is -0.150. The summed E-state index contributed by atoms with van der Waals surface area (Å²) in [5.41, 5.74) is 0. The van der Waals surface area contributed by atoms with Gasteiger partial charge in [0.15, 0.2) is 0 Å². The minimum absolute atomic E-state index is 0.261. The van der Waals surface area contributed by atoms with E-state index in [1.807, 2.05) is 0 Å². The predicted molar refractivity (Wildman–Crippen MR) is 56.6 cm³/mol. The number of Topliss-reactive ketones (excluding diaryl/α,β-unsaturated/α-hetero) is 1. The van der Waals surface area contributed by atoms with Gasteiger partial charge in [0.1, 0.15) is 0 Å². The molecule has 4 nitrogen and oxygen atoms in total. The van der Waals surface area contributed by atoms with Gasteiger partial charge in [0, 0.05) is 6.42 Å². The summed E-state index contributed by atoms with van der Waals surface area (Å²) in [5, 5.41) is 17.7. The molecule has 0 aromatic heterocycles. The quantitative estimate of drug-likeness (QED) is 0.455. The van der Waals surface area contributed by atoms with E-state index in [0.29, 0.717) is 6.42 Å². The van der Waals surface area contributed by atoms with Crippen LogP contribution in [0.1, 0.15) is 51.9 Å². The third-order valence-corrected chi connectivity index (χ3v) is 2.30. The van der Waals surface area contributed by atoms with Crippen molar-refractivity contribution in [2.75, 3.05) is 0 Å². The lowest BCUT2D eigenvalue weighted by Crippen LogP contribution is -2.20. The van der Waals surface area contributed by atoms with Crippen LogP contribution in [0, 0.1) is 0 Å². The first-order valence-corrected chi connectivity index (χ1v) is 5.52. The molecule has 0 heterocycles. The molecule has 0 radical (unpaired) electrons. The van der Waals surface area contributed by atoms with E-state index in [4.69, 9.17) is 5.11 Å². The Morgan fingerprint density at radius 3 is 2.27 bits per heavy atom. The summed E-state index contributed by atoms with van der Waals surface area (Å²) in [5.74, 6) is -2.36. The first kappa shape index (κ1) is 14.1. The van der Waals surface area contributed by atoms with Crippen LogP contribution in [-0.4, -0.2) is 28.1 Å². The van der Waals surface area contributed by atoms with E-state index in [1.54, 1.807) is 0 Å². The Morgan fingerprint density at radius 2 is 1.73 bits per heavy atom. The highest BCUT2D eigenvalue weighted by atomic mass is 16.4. The highest BCUT2D eigenvalue weighted by Crippen LogP contribution is 2.09. The van der Waals surface area contributed by atoms with Gasteiger partial charge in [0.25, 0.3) is 0 Å². The van der Waals surface area contributed by atoms with Crippen molar-refractivity contribution in [1.29, 1.82) is 0 Å². The molecule has 88 valence electrons. The fourth-order valence-corrected chi connectivity index (χ4v) is 1.39. The highest BCUT2D eigenvalue weighted by molar-refractivity contribution is 6.32. The molecule has 0 aliphatic rings. The van der Waals surface area contributed by atoms with Gasteiger partial charge in [-0.05, 0) is 6.42 Å². The summed E-state index contributed by atoms with van der Waals surface area (Å²) in [7, 11) is 0. The summed E-state index contributed by atoms with van der Waals surface area (Å²) in [6.07, 6.45) is 4.84. The van der Waals surface area contributed by atoms with Crippen molar-refractivity contribution in [2.45, 2.75) is 58.0 Å². The molecule has 15 heavy (non-hydrogen) atoms. The number of aliphatic hydroxyl groups is 1. The molecule has 0 amide bonds. The predicted octanol–water partition coefficient (Wildman–Crippen LogP) is 1.75. The average molecular weight is 216 g/mol. The third kappa shape index (κ3) is 8.12. The fourth-order valence-electron chi connectivity index (χ4n) is 1.39. The molecule has 1 unspecified atom stereocenters. The van der Waals surface area contributed by atoms with Gasteiger partial charge in [-0.2, -0.15) is 0 Å². The summed E-state index contributed by atoms with van der Waals surface area (Å²) < 4.78 is 0. The maximum Gasteiger partial charge on any atom is 0.372 e. The Kier molecular flexibility index (Phi) is 7.91. The molecule has 0 bridgehead atoms. The van der Waals surface area contributed by atoms with E-state index in [1.165, 1.54) is 12.8 Å². The standard InChI is InChI=1S/C11H20O4/c1-2-3-4-5-6-7-9(12)8-10(13)11(14)15/h9,12H,2-8H2,1H3,(H,14,15). The van der Waals surface area contributed by atoms with Crippen molar-refractivity contribution in [3.8, 4) is 0 Å². The highest BCUT2D eigenvalue weighted by Gasteiger charge is 2.16. The van der Waals surface area contributed by atoms with Gasteiger partial charge in [-0.15, -0.1) is 0 Å². The second-order valence-corrected chi connectivity index (χ2v) is 3.79. The van der Waals surface area contributed by atoms with Crippen LogP contribution >= 0.6 is 0 Å². The average Bonchev–Trinajstić information content (AvgIpc) is 2.17. The van der Waals surface area contributed by atoms with E-state index in [0.717, 1.165) is 19.3 Å². The van der Waals surface area contributed by atoms with Crippen molar-refractivity contribution in [3.63, 3.8) is 0 Å². The molecule has 2 N–H and O–H groups in total. The summed E-state index contributed by atoms with van der Waals surface area (Å²) in [6, 6.07) is 0. The summed E-state index contributed by atoms with van der Waals surface area (Å²) in [4.78, 5) is 20.9. The Morgan fingerprint density at radius 1 is 1.13 bits per heavy atom.